The number of pyridine rings is 1. The zero-order chi connectivity index (χ0) is 17.4. The van der Waals surface area contributed by atoms with Crippen molar-refractivity contribution in [2.45, 2.75) is 12.8 Å². The van der Waals surface area contributed by atoms with Gasteiger partial charge in [0.15, 0.2) is 0 Å². The molecule has 0 saturated heterocycles. The number of halogens is 1. The van der Waals surface area contributed by atoms with Crippen molar-refractivity contribution in [1.82, 2.24) is 4.98 Å². The predicted octanol–water partition coefficient (Wildman–Crippen LogP) is 2.67. The van der Waals surface area contributed by atoms with Crippen LogP contribution in [0.3, 0.4) is 0 Å². The largest absolute Gasteiger partial charge is 0.496 e. The monoisotopic (exact) mass is 387 g/mol. The van der Waals surface area contributed by atoms with E-state index < -0.39 is 5.92 Å². The SMILES string of the molecule is COc1ccc([C@@H]2C(C#N)=C(N)Oc3cc(C)[nH]c(=O)c32)cc1Br. The molecule has 0 aliphatic carbocycles. The Morgan fingerprint density at radius 2 is 2.17 bits per heavy atom. The molecular formula is C17H14BrN3O3. The van der Waals surface area contributed by atoms with Crippen molar-refractivity contribution in [3.8, 4) is 17.6 Å². The van der Waals surface area contributed by atoms with Crippen LogP contribution in [-0.2, 0) is 0 Å². The molecule has 0 bridgehead atoms. The van der Waals surface area contributed by atoms with Crippen LogP contribution in [-0.4, -0.2) is 12.1 Å². The van der Waals surface area contributed by atoms with E-state index in [1.165, 1.54) is 0 Å². The first-order valence-corrected chi connectivity index (χ1v) is 7.90. The molecule has 7 heteroatoms. The van der Waals surface area contributed by atoms with Crippen LogP contribution < -0.4 is 20.8 Å². The van der Waals surface area contributed by atoms with Crippen LogP contribution in [0.25, 0.3) is 0 Å². The van der Waals surface area contributed by atoms with Gasteiger partial charge in [0.25, 0.3) is 5.56 Å². The fraction of sp³-hybridized carbons (Fsp3) is 0.176. The Bertz CT molecular complexity index is 957. The highest BCUT2D eigenvalue weighted by Crippen LogP contribution is 2.41. The molecule has 1 aliphatic rings. The van der Waals surface area contributed by atoms with Gasteiger partial charge < -0.3 is 20.2 Å². The van der Waals surface area contributed by atoms with Crippen molar-refractivity contribution >= 4 is 15.9 Å². The molecule has 1 aromatic heterocycles. The molecular weight excluding hydrogens is 374 g/mol. The second-order valence-corrected chi connectivity index (χ2v) is 6.23. The molecule has 3 rings (SSSR count). The fourth-order valence-corrected chi connectivity index (χ4v) is 3.36. The number of methoxy groups -OCH3 is 1. The normalized spacial score (nSPS) is 16.2. The molecule has 1 atom stereocenters. The van der Waals surface area contributed by atoms with Gasteiger partial charge in [0.1, 0.15) is 23.1 Å². The van der Waals surface area contributed by atoms with Crippen molar-refractivity contribution in [2.75, 3.05) is 7.11 Å². The van der Waals surface area contributed by atoms with Crippen LogP contribution in [0.5, 0.6) is 11.5 Å². The lowest BCUT2D eigenvalue weighted by Crippen LogP contribution is -2.28. The quantitative estimate of drug-likeness (QED) is 0.824. The summed E-state index contributed by atoms with van der Waals surface area (Å²) in [5.41, 5.74) is 7.57. The second-order valence-electron chi connectivity index (χ2n) is 5.38. The highest BCUT2D eigenvalue weighted by Gasteiger charge is 2.33. The van der Waals surface area contributed by atoms with Gasteiger partial charge in [-0.15, -0.1) is 0 Å². The number of nitrogens with zero attached hydrogens (tertiary/aromatic N) is 1. The van der Waals surface area contributed by atoms with Crippen molar-refractivity contribution in [1.29, 1.82) is 5.26 Å². The number of fused-ring (bicyclic) bond motifs is 1. The maximum absolute atomic E-state index is 12.5. The number of hydrogen-bond donors (Lipinski definition) is 2. The summed E-state index contributed by atoms with van der Waals surface area (Å²) in [6.07, 6.45) is 0. The van der Waals surface area contributed by atoms with Gasteiger partial charge >= 0.3 is 0 Å². The molecule has 2 heterocycles. The minimum Gasteiger partial charge on any atom is -0.496 e. The second kappa shape index (κ2) is 6.06. The molecule has 24 heavy (non-hydrogen) atoms. The summed E-state index contributed by atoms with van der Waals surface area (Å²) in [6.45, 7) is 1.75. The number of benzene rings is 1. The fourth-order valence-electron chi connectivity index (χ4n) is 2.80. The number of ether oxygens (including phenoxy) is 2. The number of rotatable bonds is 2. The molecule has 6 nitrogen and oxygen atoms in total. The average molecular weight is 388 g/mol. The van der Waals surface area contributed by atoms with E-state index in [4.69, 9.17) is 15.2 Å². The van der Waals surface area contributed by atoms with E-state index in [1.54, 1.807) is 32.2 Å². The summed E-state index contributed by atoms with van der Waals surface area (Å²) in [5, 5.41) is 9.52. The summed E-state index contributed by atoms with van der Waals surface area (Å²) >= 11 is 3.43. The summed E-state index contributed by atoms with van der Waals surface area (Å²) < 4.78 is 11.4. The first-order chi connectivity index (χ1) is 11.5. The summed E-state index contributed by atoms with van der Waals surface area (Å²) in [6, 6.07) is 9.13. The summed E-state index contributed by atoms with van der Waals surface area (Å²) in [7, 11) is 1.57. The van der Waals surface area contributed by atoms with Gasteiger partial charge in [-0.1, -0.05) is 6.07 Å². The van der Waals surface area contributed by atoms with Gasteiger partial charge in [0.2, 0.25) is 5.88 Å². The third-order valence-electron chi connectivity index (χ3n) is 3.86. The number of nitriles is 1. The Kier molecular flexibility index (Phi) is 4.08. The number of aromatic nitrogens is 1. The summed E-state index contributed by atoms with van der Waals surface area (Å²) in [5.74, 6) is 0.418. The minimum absolute atomic E-state index is 0.00643. The van der Waals surface area contributed by atoms with Crippen LogP contribution in [0.4, 0.5) is 0 Å². The molecule has 0 saturated carbocycles. The third-order valence-corrected chi connectivity index (χ3v) is 4.48. The first kappa shape index (κ1) is 16.1. The number of allylic oxidation sites excluding steroid dienone is 1. The van der Waals surface area contributed by atoms with Crippen LogP contribution in [0.15, 0.2) is 45.0 Å². The third kappa shape index (κ3) is 2.55. The molecule has 0 amide bonds. The lowest BCUT2D eigenvalue weighted by atomic mass is 9.84. The van der Waals surface area contributed by atoms with Crippen molar-refractivity contribution in [3.05, 3.63) is 67.4 Å². The van der Waals surface area contributed by atoms with E-state index in [-0.39, 0.29) is 17.0 Å². The van der Waals surface area contributed by atoms with E-state index in [0.29, 0.717) is 22.8 Å². The van der Waals surface area contributed by atoms with Gasteiger partial charge in [-0.2, -0.15) is 5.26 Å². The van der Waals surface area contributed by atoms with Crippen LogP contribution in [0, 0.1) is 18.3 Å². The van der Waals surface area contributed by atoms with Crippen LogP contribution in [0.2, 0.25) is 0 Å². The zero-order valence-corrected chi connectivity index (χ0v) is 14.6. The Morgan fingerprint density at radius 3 is 2.79 bits per heavy atom. The maximum atomic E-state index is 12.5. The molecule has 0 fully saturated rings. The number of hydrogen-bond acceptors (Lipinski definition) is 5. The van der Waals surface area contributed by atoms with E-state index in [0.717, 1.165) is 10.0 Å². The first-order valence-electron chi connectivity index (χ1n) is 7.11. The number of nitrogens with two attached hydrogens (primary N) is 1. The van der Waals surface area contributed by atoms with Gasteiger partial charge in [0, 0.05) is 11.8 Å². The number of aromatic amines is 1. The number of nitrogens with one attached hydrogen (secondary N) is 1. The van der Waals surface area contributed by atoms with E-state index in [9.17, 15) is 10.1 Å². The van der Waals surface area contributed by atoms with Crippen LogP contribution >= 0.6 is 15.9 Å². The zero-order valence-electron chi connectivity index (χ0n) is 13.0. The van der Waals surface area contributed by atoms with E-state index in [2.05, 4.69) is 27.0 Å². The molecule has 3 N–H and O–H groups in total. The lowest BCUT2D eigenvalue weighted by molar-refractivity contribution is 0.391. The summed E-state index contributed by atoms with van der Waals surface area (Å²) in [4.78, 5) is 15.2. The molecule has 0 unspecified atom stereocenters. The van der Waals surface area contributed by atoms with Crippen LogP contribution in [0.1, 0.15) is 22.7 Å². The highest BCUT2D eigenvalue weighted by molar-refractivity contribution is 9.10. The predicted molar refractivity (Wildman–Crippen MR) is 91.8 cm³/mol. The Balaban J connectivity index is 2.28. The van der Waals surface area contributed by atoms with E-state index in [1.807, 2.05) is 6.07 Å². The van der Waals surface area contributed by atoms with Gasteiger partial charge in [-0.05, 0) is 40.5 Å². The van der Waals surface area contributed by atoms with Crippen molar-refractivity contribution < 1.29 is 9.47 Å². The van der Waals surface area contributed by atoms with Gasteiger partial charge in [-0.3, -0.25) is 4.79 Å². The molecule has 1 aromatic carbocycles. The molecule has 1 aliphatic heterocycles. The lowest BCUT2D eigenvalue weighted by Gasteiger charge is -2.26. The topological polar surface area (TPSA) is 101 Å². The highest BCUT2D eigenvalue weighted by atomic mass is 79.9. The Morgan fingerprint density at radius 1 is 1.42 bits per heavy atom. The van der Waals surface area contributed by atoms with E-state index >= 15 is 0 Å². The molecule has 0 spiro atoms. The number of aryl methyl sites for hydroxylation is 1. The van der Waals surface area contributed by atoms with Gasteiger partial charge in [-0.25, -0.2) is 0 Å². The average Bonchev–Trinajstić information content (AvgIpc) is 2.53. The molecule has 2 aromatic rings. The standard InChI is InChI=1S/C17H14BrN3O3/c1-8-5-13-15(17(22)21-8)14(10(7-19)16(20)24-13)9-3-4-12(23-2)11(18)6-9/h3-6,14H,20H2,1-2H3,(H,21,22)/t14-/m1/s1. The number of H-pyrrole nitrogens is 1. The van der Waals surface area contributed by atoms with Gasteiger partial charge in [0.05, 0.1) is 23.1 Å². The Hall–Kier alpha value is -2.72. The molecule has 0 radical (unpaired) electrons. The minimum atomic E-state index is -0.606. The van der Waals surface area contributed by atoms with Crippen molar-refractivity contribution in [3.63, 3.8) is 0 Å². The molecule has 122 valence electrons. The smallest absolute Gasteiger partial charge is 0.256 e. The maximum Gasteiger partial charge on any atom is 0.256 e. The Labute approximate surface area is 146 Å². The van der Waals surface area contributed by atoms with Crippen molar-refractivity contribution in [2.24, 2.45) is 5.73 Å².